The smallest absolute Gasteiger partial charge is 0.256 e. The number of aromatic nitrogens is 1. The number of anilines is 3. The number of carbonyl (C=O) groups excluding carboxylic acids is 1. The highest BCUT2D eigenvalue weighted by atomic mass is 32.2. The summed E-state index contributed by atoms with van der Waals surface area (Å²) in [5.74, 6) is 0.0323. The van der Waals surface area contributed by atoms with Crippen molar-refractivity contribution in [3.05, 3.63) is 75.3 Å². The van der Waals surface area contributed by atoms with E-state index in [9.17, 15) is 14.0 Å². The summed E-state index contributed by atoms with van der Waals surface area (Å²) >= 11 is 1.53. The Morgan fingerprint density at radius 3 is 2.43 bits per heavy atom. The Morgan fingerprint density at radius 2 is 1.83 bits per heavy atom. The van der Waals surface area contributed by atoms with Crippen molar-refractivity contribution < 1.29 is 13.9 Å². The van der Waals surface area contributed by atoms with Crippen molar-refractivity contribution in [1.82, 2.24) is 4.57 Å². The van der Waals surface area contributed by atoms with Crippen molar-refractivity contribution in [3.8, 4) is 11.5 Å². The van der Waals surface area contributed by atoms with Gasteiger partial charge in [0.05, 0.1) is 11.4 Å². The van der Waals surface area contributed by atoms with Crippen molar-refractivity contribution >= 4 is 35.0 Å². The summed E-state index contributed by atoms with van der Waals surface area (Å²) in [5, 5.41) is 2.85. The first-order valence-electron chi connectivity index (χ1n) is 11.5. The highest BCUT2D eigenvalue weighted by molar-refractivity contribution is 8.00. The quantitative estimate of drug-likeness (QED) is 0.306. The maximum atomic E-state index is 14.6. The number of aryl methyl sites for hydroxylation is 1. The highest BCUT2D eigenvalue weighted by Crippen LogP contribution is 2.35. The van der Waals surface area contributed by atoms with Crippen LogP contribution in [0, 0.1) is 12.7 Å². The molecule has 1 aromatic heterocycles. The third kappa shape index (κ3) is 6.57. The summed E-state index contributed by atoms with van der Waals surface area (Å²) in [6, 6.07) is 11.4. The summed E-state index contributed by atoms with van der Waals surface area (Å²) in [5.41, 5.74) is 7.75. The van der Waals surface area contributed by atoms with Crippen LogP contribution < -0.4 is 26.1 Å². The molecule has 35 heavy (non-hydrogen) atoms. The number of hydrogen-bond acceptors (Lipinski definition) is 6. The van der Waals surface area contributed by atoms with E-state index in [2.05, 4.69) is 10.0 Å². The molecule has 0 fully saturated rings. The Morgan fingerprint density at radius 1 is 1.11 bits per heavy atom. The van der Waals surface area contributed by atoms with Crippen molar-refractivity contribution in [1.29, 1.82) is 0 Å². The number of halogens is 1. The lowest BCUT2D eigenvalue weighted by atomic mass is 10.1. The van der Waals surface area contributed by atoms with Gasteiger partial charge in [-0.3, -0.25) is 14.2 Å². The Kier molecular flexibility index (Phi) is 10.2. The van der Waals surface area contributed by atoms with Crippen LogP contribution in [0.5, 0.6) is 11.5 Å². The molecular weight excluding hydrogens is 467 g/mol. The van der Waals surface area contributed by atoms with Crippen molar-refractivity contribution in [3.63, 3.8) is 0 Å². The average Bonchev–Trinajstić information content (AvgIpc) is 2.84. The van der Waals surface area contributed by atoms with Crippen LogP contribution in [-0.2, 0) is 13.5 Å². The van der Waals surface area contributed by atoms with Gasteiger partial charge in [-0.15, -0.1) is 0 Å². The molecule has 0 saturated heterocycles. The molecule has 0 aliphatic heterocycles. The van der Waals surface area contributed by atoms with E-state index >= 15 is 0 Å². The molecule has 2 aromatic carbocycles. The topological polar surface area (TPSA) is 98.4 Å². The van der Waals surface area contributed by atoms with E-state index < -0.39 is 17.3 Å². The first-order valence-corrected chi connectivity index (χ1v) is 12.5. The molecule has 1 heterocycles. The van der Waals surface area contributed by atoms with Gasteiger partial charge in [0.2, 0.25) is 0 Å². The lowest BCUT2D eigenvalue weighted by Gasteiger charge is -2.19. The highest BCUT2D eigenvalue weighted by Gasteiger charge is 2.22. The summed E-state index contributed by atoms with van der Waals surface area (Å²) < 4.78 is 25.1. The van der Waals surface area contributed by atoms with Gasteiger partial charge < -0.3 is 20.5 Å². The van der Waals surface area contributed by atoms with Crippen LogP contribution in [0.2, 0.25) is 0 Å². The fourth-order valence-electron chi connectivity index (χ4n) is 3.25. The van der Waals surface area contributed by atoms with E-state index in [0.29, 0.717) is 12.2 Å². The number of pyridine rings is 1. The normalized spacial score (nSPS) is 10.3. The van der Waals surface area contributed by atoms with E-state index in [1.807, 2.05) is 40.7 Å². The molecule has 9 heteroatoms. The summed E-state index contributed by atoms with van der Waals surface area (Å²) in [7, 11) is 1.47. The zero-order chi connectivity index (χ0) is 26.1. The molecule has 0 aliphatic carbocycles. The molecule has 0 saturated carbocycles. The van der Waals surface area contributed by atoms with Gasteiger partial charge in [0, 0.05) is 24.4 Å². The number of carbonyl (C=O) groups is 1. The van der Waals surface area contributed by atoms with Gasteiger partial charge in [-0.2, -0.15) is 0 Å². The SMILES string of the molecule is CC.CCSNc1cccc(Oc2cc(=O)n(C)c(Nc3ccc(CC)cc3F)c2C(N)=O)c1C. The first-order chi connectivity index (χ1) is 16.8. The second kappa shape index (κ2) is 12.9. The number of nitrogens with one attached hydrogen (secondary N) is 2. The number of primary amides is 1. The number of nitrogens with two attached hydrogens (primary N) is 1. The predicted molar refractivity (Wildman–Crippen MR) is 144 cm³/mol. The van der Waals surface area contributed by atoms with Crippen LogP contribution >= 0.6 is 11.9 Å². The number of nitrogens with zero attached hydrogens (tertiary/aromatic N) is 1. The van der Waals surface area contributed by atoms with Crippen LogP contribution in [0.4, 0.5) is 21.6 Å². The monoisotopic (exact) mass is 500 g/mol. The summed E-state index contributed by atoms with van der Waals surface area (Å²) in [6.07, 6.45) is 0.676. The van der Waals surface area contributed by atoms with E-state index in [4.69, 9.17) is 10.5 Å². The number of hydrogen-bond donors (Lipinski definition) is 3. The van der Waals surface area contributed by atoms with Gasteiger partial charge in [-0.05, 0) is 43.2 Å². The average molecular weight is 501 g/mol. The Hall–Kier alpha value is -3.46. The maximum absolute atomic E-state index is 14.6. The molecule has 4 N–H and O–H groups in total. The van der Waals surface area contributed by atoms with E-state index in [1.54, 1.807) is 24.3 Å². The molecular formula is C26H33FN4O3S. The fourth-order valence-corrected chi connectivity index (χ4v) is 3.77. The van der Waals surface area contributed by atoms with Crippen LogP contribution in [0.15, 0.2) is 47.3 Å². The molecule has 3 aromatic rings. The van der Waals surface area contributed by atoms with Gasteiger partial charge in [-0.25, -0.2) is 4.39 Å². The fraction of sp³-hybridized carbons (Fsp3) is 0.308. The van der Waals surface area contributed by atoms with Gasteiger partial charge in [0.15, 0.2) is 0 Å². The first kappa shape index (κ1) is 27.8. The molecule has 0 radical (unpaired) electrons. The van der Waals surface area contributed by atoms with Crippen LogP contribution in [0.1, 0.15) is 49.2 Å². The number of rotatable bonds is 9. The standard InChI is InChI=1S/C24H27FN4O3S.C2H6/c1-5-15-10-11-18(16(25)12-15)27-24-22(23(26)31)20(13-21(30)29(24)4)32-19-9-7-8-17(14(19)3)28-33-6-2;1-2/h7-13,27-28H,5-6H2,1-4H3,(H2,26,31);1-2H3. The lowest BCUT2D eigenvalue weighted by Crippen LogP contribution is -2.25. The van der Waals surface area contributed by atoms with Crippen molar-refractivity contribution in [2.45, 2.75) is 41.0 Å². The molecule has 0 bridgehead atoms. The Balaban J connectivity index is 0.00000210. The van der Waals surface area contributed by atoms with Gasteiger partial charge in [0.25, 0.3) is 11.5 Å². The third-order valence-corrected chi connectivity index (χ3v) is 5.83. The van der Waals surface area contributed by atoms with Crippen molar-refractivity contribution in [2.24, 2.45) is 12.8 Å². The summed E-state index contributed by atoms with van der Waals surface area (Å²) in [4.78, 5) is 25.1. The summed E-state index contributed by atoms with van der Waals surface area (Å²) in [6.45, 7) is 9.81. The second-order valence-corrected chi connectivity index (χ2v) is 8.42. The largest absolute Gasteiger partial charge is 0.456 e. The zero-order valence-electron chi connectivity index (χ0n) is 21.0. The second-order valence-electron chi connectivity index (χ2n) is 7.35. The van der Waals surface area contributed by atoms with Crippen LogP contribution in [0.3, 0.4) is 0 Å². The third-order valence-electron chi connectivity index (χ3n) is 5.18. The molecule has 0 spiro atoms. The molecule has 0 aliphatic rings. The number of amides is 1. The number of ether oxygens (including phenoxy) is 1. The molecule has 0 atom stereocenters. The lowest BCUT2D eigenvalue weighted by molar-refractivity contribution is 0.0998. The van der Waals surface area contributed by atoms with E-state index in [0.717, 1.165) is 22.6 Å². The minimum Gasteiger partial charge on any atom is -0.456 e. The maximum Gasteiger partial charge on any atom is 0.256 e. The van der Waals surface area contributed by atoms with E-state index in [-0.39, 0.29) is 22.8 Å². The minimum absolute atomic E-state index is 0.0120. The van der Waals surface area contributed by atoms with Gasteiger partial charge >= 0.3 is 0 Å². The number of benzene rings is 2. The Labute approximate surface area is 210 Å². The van der Waals surface area contributed by atoms with Crippen LogP contribution in [-0.4, -0.2) is 16.2 Å². The van der Waals surface area contributed by atoms with E-state index in [1.165, 1.54) is 35.7 Å². The molecule has 1 amide bonds. The van der Waals surface area contributed by atoms with Gasteiger partial charge in [0.1, 0.15) is 28.7 Å². The van der Waals surface area contributed by atoms with Crippen LogP contribution in [0.25, 0.3) is 0 Å². The molecule has 0 unspecified atom stereocenters. The predicted octanol–water partition coefficient (Wildman–Crippen LogP) is 6.14. The van der Waals surface area contributed by atoms with Crippen molar-refractivity contribution in [2.75, 3.05) is 15.8 Å². The minimum atomic E-state index is -0.817. The molecule has 7 nitrogen and oxygen atoms in total. The molecule has 188 valence electrons. The molecule has 3 rings (SSSR count). The van der Waals surface area contributed by atoms with Gasteiger partial charge in [-0.1, -0.05) is 51.8 Å². The Bertz CT molecular complexity index is 1240. The zero-order valence-corrected chi connectivity index (χ0v) is 21.8.